The molecule has 0 heterocycles. The van der Waals surface area contributed by atoms with Crippen molar-refractivity contribution in [2.75, 3.05) is 11.1 Å². The Labute approximate surface area is 150 Å². The molecule has 3 aromatic rings. The quantitative estimate of drug-likeness (QED) is 0.726. The molecule has 1 atom stereocenters. The first kappa shape index (κ1) is 17.1. The highest BCUT2D eigenvalue weighted by molar-refractivity contribution is 7.86. The number of carbonyl (C=O) groups is 1. The van der Waals surface area contributed by atoms with E-state index in [0.29, 0.717) is 5.69 Å². The summed E-state index contributed by atoms with van der Waals surface area (Å²) in [7, 11) is -1.38. The summed E-state index contributed by atoms with van der Waals surface area (Å²) in [5, 5.41) is 2.47. The first-order chi connectivity index (χ1) is 12.2. The molecule has 4 heteroatoms. The molecule has 0 saturated carbocycles. The highest BCUT2D eigenvalue weighted by Gasteiger charge is 2.23. The monoisotopic (exact) mass is 349 g/mol. The number of nitrogens with one attached hydrogen (secondary N) is 1. The minimum absolute atomic E-state index is 0.0522. The summed E-state index contributed by atoms with van der Waals surface area (Å²) < 4.78 is 13.0. The molecule has 0 saturated heterocycles. The van der Waals surface area contributed by atoms with E-state index in [9.17, 15) is 9.00 Å². The summed E-state index contributed by atoms with van der Waals surface area (Å²) in [6.45, 7) is 0. The molecule has 126 valence electrons. The van der Waals surface area contributed by atoms with Crippen LogP contribution in [0.2, 0.25) is 0 Å². The van der Waals surface area contributed by atoms with Crippen LogP contribution in [0.4, 0.5) is 5.69 Å². The van der Waals surface area contributed by atoms with Crippen molar-refractivity contribution in [3.8, 4) is 0 Å². The van der Waals surface area contributed by atoms with Gasteiger partial charge in [-0.05, 0) is 23.3 Å². The first-order valence-electron chi connectivity index (χ1n) is 8.06. The molecule has 0 aliphatic carbocycles. The summed E-state index contributed by atoms with van der Waals surface area (Å²) in [6, 6.07) is 28.6. The van der Waals surface area contributed by atoms with Crippen molar-refractivity contribution < 1.29 is 9.00 Å². The van der Waals surface area contributed by atoms with Crippen LogP contribution < -0.4 is 5.32 Å². The molecule has 3 nitrogen and oxygen atoms in total. The van der Waals surface area contributed by atoms with E-state index in [1.807, 2.05) is 91.0 Å². The van der Waals surface area contributed by atoms with Crippen molar-refractivity contribution in [2.24, 2.45) is 0 Å². The molecule has 3 rings (SSSR count). The highest BCUT2D eigenvalue weighted by atomic mass is 32.2. The van der Waals surface area contributed by atoms with Gasteiger partial charge in [0.1, 0.15) is 5.75 Å². The Bertz CT molecular complexity index is 796. The maximum absolute atomic E-state index is 13.0. The van der Waals surface area contributed by atoms with Gasteiger partial charge in [-0.3, -0.25) is 9.00 Å². The Morgan fingerprint density at radius 3 is 1.68 bits per heavy atom. The predicted octanol–water partition coefficient (Wildman–Crippen LogP) is 4.16. The van der Waals surface area contributed by atoms with Crippen molar-refractivity contribution in [3.05, 3.63) is 102 Å². The number of amides is 1. The second kappa shape index (κ2) is 8.40. The van der Waals surface area contributed by atoms with E-state index in [1.165, 1.54) is 0 Å². The van der Waals surface area contributed by atoms with Crippen LogP contribution in [0.3, 0.4) is 0 Å². The third-order valence-electron chi connectivity index (χ3n) is 3.80. The van der Waals surface area contributed by atoms with Gasteiger partial charge >= 0.3 is 0 Å². The number of hydrogen-bond donors (Lipinski definition) is 1. The fourth-order valence-electron chi connectivity index (χ4n) is 2.68. The van der Waals surface area contributed by atoms with Gasteiger partial charge in [0, 0.05) is 16.5 Å². The zero-order valence-electron chi connectivity index (χ0n) is 13.7. The van der Waals surface area contributed by atoms with Crippen LogP contribution in [0.5, 0.6) is 0 Å². The van der Waals surface area contributed by atoms with Gasteiger partial charge in [0.2, 0.25) is 5.91 Å². The molecular weight excluding hydrogens is 330 g/mol. The molecular formula is C21H19NO2S. The van der Waals surface area contributed by atoms with Crippen molar-refractivity contribution in [1.82, 2.24) is 0 Å². The minimum atomic E-state index is -1.38. The molecule has 0 radical (unpaired) electrons. The number of anilines is 1. The van der Waals surface area contributed by atoms with Gasteiger partial charge in [-0.1, -0.05) is 78.9 Å². The molecule has 0 spiro atoms. The third kappa shape index (κ3) is 4.64. The van der Waals surface area contributed by atoms with Crippen molar-refractivity contribution in [2.45, 2.75) is 5.25 Å². The lowest BCUT2D eigenvalue weighted by atomic mass is 10.0. The summed E-state index contributed by atoms with van der Waals surface area (Å²) in [5.41, 5.74) is 2.60. The average molecular weight is 349 g/mol. The topological polar surface area (TPSA) is 46.2 Å². The van der Waals surface area contributed by atoms with Crippen LogP contribution in [-0.4, -0.2) is 15.9 Å². The molecule has 0 aromatic heterocycles. The third-order valence-corrected chi connectivity index (χ3v) is 5.42. The van der Waals surface area contributed by atoms with Gasteiger partial charge in [-0.2, -0.15) is 0 Å². The predicted molar refractivity (Wildman–Crippen MR) is 103 cm³/mol. The van der Waals surface area contributed by atoms with Crippen LogP contribution in [-0.2, 0) is 15.6 Å². The summed E-state index contributed by atoms with van der Waals surface area (Å²) in [4.78, 5) is 12.3. The number of hydrogen-bond acceptors (Lipinski definition) is 2. The summed E-state index contributed by atoms with van der Waals surface area (Å²) in [6.07, 6.45) is 0. The van der Waals surface area contributed by atoms with E-state index in [1.54, 1.807) is 0 Å². The molecule has 3 aromatic carbocycles. The van der Waals surface area contributed by atoms with Crippen molar-refractivity contribution in [1.29, 1.82) is 0 Å². The van der Waals surface area contributed by atoms with E-state index >= 15 is 0 Å². The van der Waals surface area contributed by atoms with Crippen LogP contribution in [0, 0.1) is 0 Å². The molecule has 1 amide bonds. The fourth-order valence-corrected chi connectivity index (χ4v) is 4.10. The van der Waals surface area contributed by atoms with Crippen LogP contribution in [0.15, 0.2) is 91.0 Å². The smallest absolute Gasteiger partial charge is 0.237 e. The average Bonchev–Trinajstić information content (AvgIpc) is 2.64. The number of carbonyl (C=O) groups excluding carboxylic acids is 1. The lowest BCUT2D eigenvalue weighted by Gasteiger charge is -2.17. The molecule has 0 bridgehead atoms. The van der Waals surface area contributed by atoms with Gasteiger partial charge in [0.25, 0.3) is 0 Å². The van der Waals surface area contributed by atoms with Gasteiger partial charge in [-0.15, -0.1) is 0 Å². The molecule has 1 N–H and O–H groups in total. The highest BCUT2D eigenvalue weighted by Crippen LogP contribution is 2.28. The maximum Gasteiger partial charge on any atom is 0.237 e. The van der Waals surface area contributed by atoms with Crippen molar-refractivity contribution >= 4 is 22.4 Å². The van der Waals surface area contributed by atoms with E-state index in [4.69, 9.17) is 0 Å². The summed E-state index contributed by atoms with van der Waals surface area (Å²) in [5.74, 6) is -0.301. The largest absolute Gasteiger partial charge is 0.325 e. The standard InChI is InChI=1S/C21H19NO2S/c23-20(22-19-14-8-3-9-15-19)16-25(24)21(17-10-4-1-5-11-17)18-12-6-2-7-13-18/h1-15,21H,16H2,(H,22,23). The van der Waals surface area contributed by atoms with Gasteiger partial charge in [0.15, 0.2) is 0 Å². The Balaban J connectivity index is 1.79. The normalized spacial score (nSPS) is 11.9. The Morgan fingerprint density at radius 2 is 1.20 bits per heavy atom. The second-order valence-corrected chi connectivity index (χ2v) is 7.16. The SMILES string of the molecule is O=C(CS(=O)C(c1ccccc1)c1ccccc1)Nc1ccccc1. The Kier molecular flexibility index (Phi) is 5.75. The molecule has 0 aliphatic heterocycles. The molecule has 1 unspecified atom stereocenters. The zero-order chi connectivity index (χ0) is 17.5. The van der Waals surface area contributed by atoms with Gasteiger partial charge in [0.05, 0.1) is 5.25 Å². The van der Waals surface area contributed by atoms with E-state index < -0.39 is 10.8 Å². The maximum atomic E-state index is 13.0. The second-order valence-electron chi connectivity index (χ2n) is 5.64. The molecule has 0 fully saturated rings. The van der Waals surface area contributed by atoms with Crippen LogP contribution >= 0.6 is 0 Å². The lowest BCUT2D eigenvalue weighted by Crippen LogP contribution is -2.23. The van der Waals surface area contributed by atoms with Gasteiger partial charge < -0.3 is 5.32 Å². The number of benzene rings is 3. The van der Waals surface area contributed by atoms with Gasteiger partial charge in [-0.25, -0.2) is 0 Å². The van der Waals surface area contributed by atoms with E-state index in [2.05, 4.69) is 5.32 Å². The zero-order valence-corrected chi connectivity index (χ0v) is 14.5. The lowest BCUT2D eigenvalue weighted by molar-refractivity contribution is -0.113. The number of rotatable bonds is 6. The van der Waals surface area contributed by atoms with E-state index in [-0.39, 0.29) is 16.9 Å². The fraction of sp³-hybridized carbons (Fsp3) is 0.0952. The molecule has 0 aliphatic rings. The minimum Gasteiger partial charge on any atom is -0.325 e. The first-order valence-corrected chi connectivity index (χ1v) is 9.44. The van der Waals surface area contributed by atoms with Crippen LogP contribution in [0.25, 0.3) is 0 Å². The Morgan fingerprint density at radius 1 is 0.760 bits per heavy atom. The number of para-hydroxylation sites is 1. The van der Waals surface area contributed by atoms with Crippen molar-refractivity contribution in [3.63, 3.8) is 0 Å². The van der Waals surface area contributed by atoms with E-state index in [0.717, 1.165) is 11.1 Å². The molecule has 25 heavy (non-hydrogen) atoms. The van der Waals surface area contributed by atoms with Crippen LogP contribution in [0.1, 0.15) is 16.4 Å². The Hall–Kier alpha value is -2.72. The summed E-state index contributed by atoms with van der Waals surface area (Å²) >= 11 is 0.